The van der Waals surface area contributed by atoms with E-state index in [-0.39, 0.29) is 34.1 Å². The monoisotopic (exact) mass is 552 g/mol. The van der Waals surface area contributed by atoms with Crippen LogP contribution in [0.15, 0.2) is 24.3 Å². The van der Waals surface area contributed by atoms with Gasteiger partial charge in [0.2, 0.25) is 11.8 Å². The van der Waals surface area contributed by atoms with Gasteiger partial charge in [0.05, 0.1) is 10.8 Å². The number of aryl methyl sites for hydroxylation is 2. The molecule has 6 nitrogen and oxygen atoms in total. The molecule has 0 aliphatic heterocycles. The Hall–Kier alpha value is -3.02. The number of primary amides is 2. The summed E-state index contributed by atoms with van der Waals surface area (Å²) >= 11 is 0. The van der Waals surface area contributed by atoms with Gasteiger partial charge in [-0.05, 0) is 84.7 Å². The van der Waals surface area contributed by atoms with Gasteiger partial charge >= 0.3 is 0 Å². The van der Waals surface area contributed by atoms with Crippen LogP contribution in [0.1, 0.15) is 127 Å². The van der Waals surface area contributed by atoms with Gasteiger partial charge in [-0.25, -0.2) is 0 Å². The molecule has 0 spiro atoms. The van der Waals surface area contributed by atoms with Crippen molar-refractivity contribution in [1.29, 1.82) is 0 Å². The van der Waals surface area contributed by atoms with Crippen molar-refractivity contribution >= 4 is 11.8 Å². The Kier molecular flexibility index (Phi) is 9.82. The Labute approximate surface area is 241 Å². The molecule has 6 N–H and O–H groups in total. The number of hydrogen-bond acceptors (Lipinski definition) is 4. The first-order valence-electron chi connectivity index (χ1n) is 14.4. The van der Waals surface area contributed by atoms with Crippen molar-refractivity contribution in [2.45, 2.75) is 129 Å². The largest absolute Gasteiger partial charge is 0.507 e. The maximum Gasteiger partial charge on any atom is 0.227 e. The molecule has 0 bridgehead atoms. The highest BCUT2D eigenvalue weighted by Gasteiger charge is 2.36. The highest BCUT2D eigenvalue weighted by atomic mass is 16.3. The molecule has 0 saturated heterocycles. The summed E-state index contributed by atoms with van der Waals surface area (Å²) in [6.45, 7) is 19.7. The number of rotatable bonds is 11. The van der Waals surface area contributed by atoms with Crippen molar-refractivity contribution in [2.75, 3.05) is 0 Å². The minimum atomic E-state index is -0.854. The van der Waals surface area contributed by atoms with Gasteiger partial charge in [-0.1, -0.05) is 91.5 Å². The standard InChI is InChI=1S/C34H52N2O4/c1-21-17-23(19-25(27(21)37)31(3,4)5)33(9,29(35)39)15-13-11-12-14-16-34(10,30(36)40)24-18-22(2)28(38)26(20-24)32(6,7)8/h17-20,37-38H,11-16H2,1-10H3,(H2,35,39)(H2,36,40). The lowest BCUT2D eigenvalue weighted by molar-refractivity contribution is -0.124. The van der Waals surface area contributed by atoms with Gasteiger partial charge in [0.25, 0.3) is 0 Å². The molecule has 2 aromatic carbocycles. The van der Waals surface area contributed by atoms with Gasteiger partial charge in [0.15, 0.2) is 0 Å². The summed E-state index contributed by atoms with van der Waals surface area (Å²) in [5, 5.41) is 21.3. The first-order valence-corrected chi connectivity index (χ1v) is 14.4. The average Bonchev–Trinajstić information content (AvgIpc) is 2.82. The number of nitrogens with two attached hydrogens (primary N) is 2. The van der Waals surface area contributed by atoms with Crippen molar-refractivity contribution < 1.29 is 19.8 Å². The van der Waals surface area contributed by atoms with Crippen LogP contribution in [0.25, 0.3) is 0 Å². The number of amides is 2. The summed E-state index contributed by atoms with van der Waals surface area (Å²) in [7, 11) is 0. The SMILES string of the molecule is Cc1cc(C(C)(CCCCCCC(C)(C(N)=O)c2cc(C)c(O)c(C(C)(C)C)c2)C(N)=O)cc(C(C)(C)C)c1O. The second-order valence-electron chi connectivity index (χ2n) is 14.2. The molecule has 6 heteroatoms. The second-order valence-corrected chi connectivity index (χ2v) is 14.2. The number of phenolic OH excluding ortho intramolecular Hbond substituents is 2. The van der Waals surface area contributed by atoms with Gasteiger partial charge in [-0.2, -0.15) is 0 Å². The summed E-state index contributed by atoms with van der Waals surface area (Å²) in [4.78, 5) is 25.4. The predicted molar refractivity (Wildman–Crippen MR) is 164 cm³/mol. The van der Waals surface area contributed by atoms with Crippen molar-refractivity contribution in [3.05, 3.63) is 57.6 Å². The molecule has 222 valence electrons. The zero-order valence-corrected chi connectivity index (χ0v) is 26.4. The molecule has 0 aliphatic rings. The number of carbonyl (C=O) groups excluding carboxylic acids is 2. The molecule has 0 heterocycles. The lowest BCUT2D eigenvalue weighted by Crippen LogP contribution is -2.39. The maximum atomic E-state index is 12.7. The Morgan fingerprint density at radius 1 is 0.600 bits per heavy atom. The summed E-state index contributed by atoms with van der Waals surface area (Å²) in [5.74, 6) is -0.231. The Bertz CT molecular complexity index is 1150. The van der Waals surface area contributed by atoms with Crippen LogP contribution >= 0.6 is 0 Å². The first-order chi connectivity index (χ1) is 18.2. The van der Waals surface area contributed by atoms with E-state index in [1.165, 1.54) is 0 Å². The molecule has 2 atom stereocenters. The zero-order chi connectivity index (χ0) is 30.8. The number of hydrogen-bond donors (Lipinski definition) is 4. The fourth-order valence-corrected chi connectivity index (χ4v) is 5.47. The summed E-state index contributed by atoms with van der Waals surface area (Å²) in [6, 6.07) is 7.60. The number of unbranched alkanes of at least 4 members (excludes halogenated alkanes) is 3. The molecule has 0 fully saturated rings. The Morgan fingerprint density at radius 3 is 1.15 bits per heavy atom. The van der Waals surface area contributed by atoms with E-state index >= 15 is 0 Å². The van der Waals surface area contributed by atoms with E-state index in [1.807, 2.05) is 93.5 Å². The van der Waals surface area contributed by atoms with Crippen LogP contribution in [-0.4, -0.2) is 22.0 Å². The number of phenols is 2. The first kappa shape index (κ1) is 33.2. The quantitative estimate of drug-likeness (QED) is 0.228. The molecule has 0 saturated carbocycles. The van der Waals surface area contributed by atoms with Gasteiger partial charge in [-0.3, -0.25) is 9.59 Å². The fraction of sp³-hybridized carbons (Fsp3) is 0.588. The third-order valence-corrected chi connectivity index (χ3v) is 8.68. The average molecular weight is 553 g/mol. The van der Waals surface area contributed by atoms with Crippen LogP contribution in [0.2, 0.25) is 0 Å². The van der Waals surface area contributed by atoms with Crippen LogP contribution in [0.5, 0.6) is 11.5 Å². The van der Waals surface area contributed by atoms with E-state index in [4.69, 9.17) is 11.5 Å². The minimum absolute atomic E-state index is 0.263. The highest BCUT2D eigenvalue weighted by molar-refractivity contribution is 5.87. The summed E-state index contributed by atoms with van der Waals surface area (Å²) in [6.07, 6.45) is 4.53. The van der Waals surface area contributed by atoms with E-state index in [9.17, 15) is 19.8 Å². The lowest BCUT2D eigenvalue weighted by atomic mass is 9.73. The molecular weight excluding hydrogens is 500 g/mol. The Morgan fingerprint density at radius 2 is 0.900 bits per heavy atom. The van der Waals surface area contributed by atoms with Gasteiger partial charge in [0.1, 0.15) is 11.5 Å². The van der Waals surface area contributed by atoms with E-state index in [1.54, 1.807) is 0 Å². The van der Waals surface area contributed by atoms with Crippen LogP contribution in [0.3, 0.4) is 0 Å². The predicted octanol–water partition coefficient (Wildman–Crippen LogP) is 6.84. The maximum absolute atomic E-state index is 12.7. The fourth-order valence-electron chi connectivity index (χ4n) is 5.47. The molecular formula is C34H52N2O4. The molecule has 0 aliphatic carbocycles. The molecule has 2 aromatic rings. The van der Waals surface area contributed by atoms with Gasteiger partial charge in [-0.15, -0.1) is 0 Å². The summed E-state index contributed by atoms with van der Waals surface area (Å²) in [5.41, 5.74) is 14.4. The van der Waals surface area contributed by atoms with Crippen molar-refractivity contribution in [3.63, 3.8) is 0 Å². The van der Waals surface area contributed by atoms with E-state index in [2.05, 4.69) is 0 Å². The van der Waals surface area contributed by atoms with Crippen LogP contribution < -0.4 is 11.5 Å². The molecule has 2 unspecified atom stereocenters. The Balaban J connectivity index is 2.16. The number of benzene rings is 2. The third-order valence-electron chi connectivity index (χ3n) is 8.68. The van der Waals surface area contributed by atoms with E-state index < -0.39 is 10.8 Å². The molecule has 0 aromatic heterocycles. The minimum Gasteiger partial charge on any atom is -0.507 e. The molecule has 2 rings (SSSR count). The van der Waals surface area contributed by atoms with Crippen molar-refractivity contribution in [2.24, 2.45) is 11.5 Å². The number of aromatic hydroxyl groups is 2. The molecule has 40 heavy (non-hydrogen) atoms. The van der Waals surface area contributed by atoms with Crippen LogP contribution in [0.4, 0.5) is 0 Å². The van der Waals surface area contributed by atoms with E-state index in [0.717, 1.165) is 59.1 Å². The zero-order valence-electron chi connectivity index (χ0n) is 26.4. The molecule has 0 radical (unpaired) electrons. The van der Waals surface area contributed by atoms with Crippen LogP contribution in [-0.2, 0) is 31.2 Å². The third kappa shape index (κ3) is 7.00. The van der Waals surface area contributed by atoms with Gasteiger partial charge < -0.3 is 21.7 Å². The molecule has 2 amide bonds. The topological polar surface area (TPSA) is 127 Å². The van der Waals surface area contributed by atoms with Gasteiger partial charge in [0, 0.05) is 0 Å². The second kappa shape index (κ2) is 11.8. The highest BCUT2D eigenvalue weighted by Crippen LogP contribution is 2.41. The van der Waals surface area contributed by atoms with Crippen LogP contribution in [0, 0.1) is 13.8 Å². The van der Waals surface area contributed by atoms with Crippen molar-refractivity contribution in [1.82, 2.24) is 0 Å². The number of carbonyl (C=O) groups is 2. The lowest BCUT2D eigenvalue weighted by Gasteiger charge is -2.31. The smallest absolute Gasteiger partial charge is 0.227 e. The van der Waals surface area contributed by atoms with E-state index in [0.29, 0.717) is 12.8 Å². The normalized spacial score (nSPS) is 15.3. The van der Waals surface area contributed by atoms with Crippen molar-refractivity contribution in [3.8, 4) is 11.5 Å². The summed E-state index contributed by atoms with van der Waals surface area (Å²) < 4.78 is 0.